The SMILES string of the molecule is COC(=O)O[C@H]1C=C[C@H](OC(=O)OC)CC1. The Morgan fingerprint density at radius 3 is 1.56 bits per heavy atom. The highest BCUT2D eigenvalue weighted by atomic mass is 16.7. The lowest BCUT2D eigenvalue weighted by Crippen LogP contribution is -2.25. The largest absolute Gasteiger partial charge is 0.508 e. The van der Waals surface area contributed by atoms with E-state index in [1.54, 1.807) is 12.2 Å². The van der Waals surface area contributed by atoms with E-state index in [0.717, 1.165) is 0 Å². The van der Waals surface area contributed by atoms with Gasteiger partial charge in [-0.1, -0.05) is 0 Å². The van der Waals surface area contributed by atoms with Crippen LogP contribution in [0.3, 0.4) is 0 Å². The lowest BCUT2D eigenvalue weighted by atomic mass is 10.0. The fourth-order valence-electron chi connectivity index (χ4n) is 1.31. The van der Waals surface area contributed by atoms with Gasteiger partial charge in [0.05, 0.1) is 14.2 Å². The van der Waals surface area contributed by atoms with Crippen LogP contribution in [0.1, 0.15) is 12.8 Å². The zero-order valence-electron chi connectivity index (χ0n) is 9.17. The second-order valence-electron chi connectivity index (χ2n) is 3.18. The molecule has 0 saturated heterocycles. The topological polar surface area (TPSA) is 71.1 Å². The summed E-state index contributed by atoms with van der Waals surface area (Å²) in [6, 6.07) is 0. The van der Waals surface area contributed by atoms with Crippen LogP contribution in [-0.4, -0.2) is 38.7 Å². The lowest BCUT2D eigenvalue weighted by Gasteiger charge is -2.21. The van der Waals surface area contributed by atoms with E-state index < -0.39 is 12.3 Å². The maximum atomic E-state index is 10.8. The molecule has 90 valence electrons. The molecule has 1 aliphatic carbocycles. The average molecular weight is 230 g/mol. The molecule has 0 heterocycles. The first-order valence-electron chi connectivity index (χ1n) is 4.83. The number of hydrogen-bond acceptors (Lipinski definition) is 6. The van der Waals surface area contributed by atoms with E-state index in [1.807, 2.05) is 0 Å². The van der Waals surface area contributed by atoms with Gasteiger partial charge in [0.25, 0.3) is 0 Å². The number of carbonyl (C=O) groups is 2. The number of hydrogen-bond donors (Lipinski definition) is 0. The molecule has 0 radical (unpaired) electrons. The first-order chi connectivity index (χ1) is 7.65. The number of ether oxygens (including phenoxy) is 4. The van der Waals surface area contributed by atoms with Crippen LogP contribution in [0.2, 0.25) is 0 Å². The van der Waals surface area contributed by atoms with Gasteiger partial charge in [-0.05, 0) is 25.0 Å². The highest BCUT2D eigenvalue weighted by Gasteiger charge is 2.21. The summed E-state index contributed by atoms with van der Waals surface area (Å²) >= 11 is 0. The molecule has 0 amide bonds. The summed E-state index contributed by atoms with van der Waals surface area (Å²) in [5, 5.41) is 0. The fraction of sp³-hybridized carbons (Fsp3) is 0.600. The number of rotatable bonds is 2. The third-order valence-corrected chi connectivity index (χ3v) is 2.10. The third kappa shape index (κ3) is 3.80. The Morgan fingerprint density at radius 1 is 0.938 bits per heavy atom. The van der Waals surface area contributed by atoms with Crippen LogP contribution in [0.5, 0.6) is 0 Å². The second kappa shape index (κ2) is 5.99. The predicted molar refractivity (Wildman–Crippen MR) is 52.9 cm³/mol. The molecule has 0 aromatic rings. The minimum Gasteiger partial charge on any atom is -0.438 e. The molecule has 0 fully saturated rings. The molecule has 2 atom stereocenters. The van der Waals surface area contributed by atoms with Crippen molar-refractivity contribution in [2.24, 2.45) is 0 Å². The van der Waals surface area contributed by atoms with E-state index >= 15 is 0 Å². The van der Waals surface area contributed by atoms with E-state index in [0.29, 0.717) is 12.8 Å². The van der Waals surface area contributed by atoms with Crippen molar-refractivity contribution < 1.29 is 28.5 Å². The van der Waals surface area contributed by atoms with E-state index in [1.165, 1.54) is 14.2 Å². The van der Waals surface area contributed by atoms with Crippen LogP contribution in [0.15, 0.2) is 12.2 Å². The Balaban J connectivity index is 2.36. The van der Waals surface area contributed by atoms with Crippen molar-refractivity contribution in [3.63, 3.8) is 0 Å². The zero-order valence-corrected chi connectivity index (χ0v) is 9.17. The molecule has 1 rings (SSSR count). The van der Waals surface area contributed by atoms with Gasteiger partial charge in [-0.2, -0.15) is 0 Å². The maximum Gasteiger partial charge on any atom is 0.508 e. The lowest BCUT2D eigenvalue weighted by molar-refractivity contribution is 0.0254. The molecule has 6 nitrogen and oxygen atoms in total. The van der Waals surface area contributed by atoms with Crippen molar-refractivity contribution in [3.8, 4) is 0 Å². The van der Waals surface area contributed by atoms with Crippen LogP contribution in [0, 0.1) is 0 Å². The molecule has 16 heavy (non-hydrogen) atoms. The molecule has 0 aromatic carbocycles. The van der Waals surface area contributed by atoms with Crippen molar-refractivity contribution in [2.75, 3.05) is 14.2 Å². The minimum atomic E-state index is -0.720. The molecule has 6 heteroatoms. The summed E-state index contributed by atoms with van der Waals surface area (Å²) in [5.74, 6) is 0. The van der Waals surface area contributed by atoms with Crippen LogP contribution >= 0.6 is 0 Å². The summed E-state index contributed by atoms with van der Waals surface area (Å²) in [4.78, 5) is 21.6. The number of carbonyl (C=O) groups excluding carboxylic acids is 2. The highest BCUT2D eigenvalue weighted by Crippen LogP contribution is 2.17. The van der Waals surface area contributed by atoms with Crippen molar-refractivity contribution >= 4 is 12.3 Å². The van der Waals surface area contributed by atoms with E-state index in [2.05, 4.69) is 9.47 Å². The maximum absolute atomic E-state index is 10.8. The van der Waals surface area contributed by atoms with Crippen LogP contribution in [0.25, 0.3) is 0 Å². The molecule has 0 N–H and O–H groups in total. The van der Waals surface area contributed by atoms with E-state index in [-0.39, 0.29) is 12.2 Å². The summed E-state index contributed by atoms with van der Waals surface area (Å²) in [7, 11) is 2.50. The first-order valence-corrected chi connectivity index (χ1v) is 4.83. The van der Waals surface area contributed by atoms with Crippen molar-refractivity contribution in [3.05, 3.63) is 12.2 Å². The van der Waals surface area contributed by atoms with Crippen molar-refractivity contribution in [1.82, 2.24) is 0 Å². The highest BCUT2D eigenvalue weighted by molar-refractivity contribution is 5.60. The van der Waals surface area contributed by atoms with Gasteiger partial charge in [-0.25, -0.2) is 9.59 Å². The second-order valence-corrected chi connectivity index (χ2v) is 3.18. The van der Waals surface area contributed by atoms with Gasteiger partial charge in [-0.15, -0.1) is 0 Å². The summed E-state index contributed by atoms with van der Waals surface area (Å²) in [5.41, 5.74) is 0. The Labute approximate surface area is 93.1 Å². The van der Waals surface area contributed by atoms with Gasteiger partial charge in [-0.3, -0.25) is 0 Å². The number of methoxy groups -OCH3 is 2. The Hall–Kier alpha value is -1.72. The Bertz CT molecular complexity index is 257. The fourth-order valence-corrected chi connectivity index (χ4v) is 1.31. The summed E-state index contributed by atoms with van der Waals surface area (Å²) < 4.78 is 18.5. The first kappa shape index (κ1) is 12.4. The molecule has 0 aliphatic heterocycles. The molecule has 0 aromatic heterocycles. The molecule has 1 aliphatic rings. The van der Waals surface area contributed by atoms with Crippen LogP contribution in [0.4, 0.5) is 9.59 Å². The Morgan fingerprint density at radius 2 is 1.31 bits per heavy atom. The van der Waals surface area contributed by atoms with Crippen LogP contribution < -0.4 is 0 Å². The van der Waals surface area contributed by atoms with Gasteiger partial charge < -0.3 is 18.9 Å². The molecule has 0 unspecified atom stereocenters. The van der Waals surface area contributed by atoms with Gasteiger partial charge in [0.2, 0.25) is 0 Å². The standard InChI is InChI=1S/C10H14O6/c1-13-9(11)15-7-3-5-8(6-4-7)16-10(12)14-2/h3,5,7-8H,4,6H2,1-2H3/t7-,8-/m0/s1. The molecule has 0 bridgehead atoms. The third-order valence-electron chi connectivity index (χ3n) is 2.10. The van der Waals surface area contributed by atoms with E-state index in [9.17, 15) is 9.59 Å². The van der Waals surface area contributed by atoms with Crippen molar-refractivity contribution in [2.45, 2.75) is 25.0 Å². The van der Waals surface area contributed by atoms with Gasteiger partial charge >= 0.3 is 12.3 Å². The smallest absolute Gasteiger partial charge is 0.438 e. The Kier molecular flexibility index (Phi) is 4.63. The van der Waals surface area contributed by atoms with Crippen LogP contribution in [-0.2, 0) is 18.9 Å². The van der Waals surface area contributed by atoms with Gasteiger partial charge in [0.15, 0.2) is 0 Å². The molecule has 0 spiro atoms. The summed E-state index contributed by atoms with van der Waals surface area (Å²) in [6.07, 6.45) is 2.38. The summed E-state index contributed by atoms with van der Waals surface area (Å²) in [6.45, 7) is 0. The monoisotopic (exact) mass is 230 g/mol. The van der Waals surface area contributed by atoms with Crippen molar-refractivity contribution in [1.29, 1.82) is 0 Å². The van der Waals surface area contributed by atoms with Gasteiger partial charge in [0, 0.05) is 0 Å². The predicted octanol–water partition coefficient (Wildman–Crippen LogP) is 1.64. The zero-order chi connectivity index (χ0) is 12.0. The minimum absolute atomic E-state index is 0.329. The molecular formula is C10H14O6. The van der Waals surface area contributed by atoms with Gasteiger partial charge in [0.1, 0.15) is 12.2 Å². The molecule has 0 saturated carbocycles. The molecular weight excluding hydrogens is 216 g/mol. The quantitative estimate of drug-likeness (QED) is 0.530. The average Bonchev–Trinajstić information content (AvgIpc) is 2.31. The normalized spacial score (nSPS) is 23.4. The van der Waals surface area contributed by atoms with E-state index in [4.69, 9.17) is 9.47 Å².